The number of hydrogen-bond acceptors (Lipinski definition) is 2. The molecule has 102 valence electrons. The number of allylic oxidation sites excluding steroid dienone is 1. The third-order valence-electron chi connectivity index (χ3n) is 3.73. The van der Waals surface area contributed by atoms with E-state index in [9.17, 15) is 4.79 Å². The molecule has 2 rings (SSSR count). The maximum atomic E-state index is 11.1. The van der Waals surface area contributed by atoms with Gasteiger partial charge in [-0.25, -0.2) is 0 Å². The summed E-state index contributed by atoms with van der Waals surface area (Å²) in [5.74, 6) is 0.953. The standard InChI is InChI=1S/C17H22OS/c1-14(18)11-12-15-7-5-6-8-16(15)13-19-17-9-3-2-4-10-17/h2-4,9-10,13,15H,5-8,11-12H2,1H3/b16-13+/t15-/m0/s1. The van der Waals surface area contributed by atoms with Gasteiger partial charge in [-0.2, -0.15) is 0 Å². The molecule has 1 aromatic rings. The first kappa shape index (κ1) is 14.4. The molecule has 0 N–H and O–H groups in total. The van der Waals surface area contributed by atoms with Gasteiger partial charge in [0.15, 0.2) is 0 Å². The minimum Gasteiger partial charge on any atom is -0.300 e. The van der Waals surface area contributed by atoms with Crippen LogP contribution in [0, 0.1) is 5.92 Å². The molecule has 19 heavy (non-hydrogen) atoms. The van der Waals surface area contributed by atoms with Crippen LogP contribution in [0.25, 0.3) is 0 Å². The fourth-order valence-corrected chi connectivity index (χ4v) is 3.53. The molecule has 0 aromatic heterocycles. The van der Waals surface area contributed by atoms with Gasteiger partial charge in [0.2, 0.25) is 0 Å². The lowest BCUT2D eigenvalue weighted by molar-refractivity contribution is -0.117. The molecule has 1 aliphatic rings. The molecular formula is C17H22OS. The Hall–Kier alpha value is -1.02. The number of carbonyl (C=O) groups excluding carboxylic acids is 1. The number of carbonyl (C=O) groups is 1. The normalized spacial score (nSPS) is 21.5. The summed E-state index contributed by atoms with van der Waals surface area (Å²) in [5.41, 5.74) is 1.56. The van der Waals surface area contributed by atoms with E-state index in [2.05, 4.69) is 29.7 Å². The molecule has 1 nitrogen and oxygen atoms in total. The topological polar surface area (TPSA) is 17.1 Å². The summed E-state index contributed by atoms with van der Waals surface area (Å²) in [7, 11) is 0. The Morgan fingerprint density at radius 1 is 1.32 bits per heavy atom. The Morgan fingerprint density at radius 3 is 2.84 bits per heavy atom. The van der Waals surface area contributed by atoms with Crippen molar-refractivity contribution in [2.75, 3.05) is 0 Å². The van der Waals surface area contributed by atoms with Crippen LogP contribution in [0.2, 0.25) is 0 Å². The fraction of sp³-hybridized carbons (Fsp3) is 0.471. The average molecular weight is 274 g/mol. The smallest absolute Gasteiger partial charge is 0.129 e. The highest BCUT2D eigenvalue weighted by atomic mass is 32.2. The number of thioether (sulfide) groups is 1. The zero-order valence-electron chi connectivity index (χ0n) is 11.6. The number of Topliss-reactive ketones (excluding diaryl/α,β-unsaturated/α-hetero) is 1. The largest absolute Gasteiger partial charge is 0.300 e. The van der Waals surface area contributed by atoms with E-state index < -0.39 is 0 Å². The molecule has 1 aromatic carbocycles. The van der Waals surface area contributed by atoms with E-state index in [-0.39, 0.29) is 0 Å². The van der Waals surface area contributed by atoms with Crippen molar-refractivity contribution in [1.29, 1.82) is 0 Å². The molecule has 2 heteroatoms. The molecule has 0 aliphatic heterocycles. The lowest BCUT2D eigenvalue weighted by Gasteiger charge is -2.25. The Bertz CT molecular complexity index is 436. The van der Waals surface area contributed by atoms with E-state index in [0.29, 0.717) is 11.7 Å². The Kier molecular flexibility index (Phi) is 5.71. The number of benzene rings is 1. The van der Waals surface area contributed by atoms with Gasteiger partial charge >= 0.3 is 0 Å². The van der Waals surface area contributed by atoms with E-state index in [1.54, 1.807) is 12.5 Å². The summed E-state index contributed by atoms with van der Waals surface area (Å²) >= 11 is 1.82. The zero-order valence-corrected chi connectivity index (χ0v) is 12.4. The van der Waals surface area contributed by atoms with Crippen LogP contribution in [-0.4, -0.2) is 5.78 Å². The van der Waals surface area contributed by atoms with Crippen molar-refractivity contribution in [1.82, 2.24) is 0 Å². The van der Waals surface area contributed by atoms with E-state index in [4.69, 9.17) is 0 Å². The monoisotopic (exact) mass is 274 g/mol. The van der Waals surface area contributed by atoms with Crippen LogP contribution in [0.15, 0.2) is 46.2 Å². The van der Waals surface area contributed by atoms with Gasteiger partial charge in [0.1, 0.15) is 5.78 Å². The second-order valence-electron chi connectivity index (χ2n) is 5.31. The second-order valence-corrected chi connectivity index (χ2v) is 6.25. The molecule has 1 atom stereocenters. The van der Waals surface area contributed by atoms with Crippen LogP contribution in [0.4, 0.5) is 0 Å². The summed E-state index contributed by atoms with van der Waals surface area (Å²) < 4.78 is 0. The van der Waals surface area contributed by atoms with Crippen molar-refractivity contribution in [2.24, 2.45) is 5.92 Å². The molecule has 0 bridgehead atoms. The lowest BCUT2D eigenvalue weighted by Crippen LogP contribution is -2.11. The van der Waals surface area contributed by atoms with Gasteiger partial charge in [0, 0.05) is 11.3 Å². The number of hydrogen-bond donors (Lipinski definition) is 0. The second kappa shape index (κ2) is 7.54. The molecule has 1 fully saturated rings. The first-order valence-electron chi connectivity index (χ1n) is 7.16. The fourth-order valence-electron chi connectivity index (χ4n) is 2.61. The summed E-state index contributed by atoms with van der Waals surface area (Å²) in [6, 6.07) is 10.5. The molecule has 0 amide bonds. The maximum absolute atomic E-state index is 11.1. The van der Waals surface area contributed by atoms with E-state index in [1.807, 2.05) is 17.8 Å². The highest BCUT2D eigenvalue weighted by Gasteiger charge is 2.19. The van der Waals surface area contributed by atoms with Gasteiger partial charge < -0.3 is 4.79 Å². The predicted octanol–water partition coefficient (Wildman–Crippen LogP) is 5.22. The van der Waals surface area contributed by atoms with Crippen LogP contribution >= 0.6 is 11.8 Å². The van der Waals surface area contributed by atoms with Crippen molar-refractivity contribution < 1.29 is 4.79 Å². The Morgan fingerprint density at radius 2 is 2.11 bits per heavy atom. The van der Waals surface area contributed by atoms with Gasteiger partial charge in [-0.1, -0.05) is 42.0 Å². The van der Waals surface area contributed by atoms with Crippen LogP contribution in [0.3, 0.4) is 0 Å². The Labute approximate surface area is 120 Å². The average Bonchev–Trinajstić information content (AvgIpc) is 2.45. The number of rotatable bonds is 5. The van der Waals surface area contributed by atoms with Crippen molar-refractivity contribution in [3.63, 3.8) is 0 Å². The molecule has 0 unspecified atom stereocenters. The van der Waals surface area contributed by atoms with Crippen LogP contribution in [-0.2, 0) is 4.79 Å². The van der Waals surface area contributed by atoms with Crippen LogP contribution in [0.1, 0.15) is 45.4 Å². The summed E-state index contributed by atoms with van der Waals surface area (Å²) in [6.45, 7) is 1.70. The summed E-state index contributed by atoms with van der Waals surface area (Å²) in [6.07, 6.45) is 6.86. The van der Waals surface area contributed by atoms with Gasteiger partial charge in [-0.3, -0.25) is 0 Å². The van der Waals surface area contributed by atoms with E-state index >= 15 is 0 Å². The molecule has 1 aliphatic carbocycles. The predicted molar refractivity (Wildman–Crippen MR) is 82.3 cm³/mol. The SMILES string of the molecule is CC(=O)CC[C@@H]1CCCC/C1=C\Sc1ccccc1. The zero-order chi connectivity index (χ0) is 13.5. The first-order chi connectivity index (χ1) is 9.25. The van der Waals surface area contributed by atoms with Gasteiger partial charge in [-0.15, -0.1) is 0 Å². The molecule has 0 spiro atoms. The van der Waals surface area contributed by atoms with Crippen LogP contribution in [0.5, 0.6) is 0 Å². The molecule has 0 radical (unpaired) electrons. The summed E-state index contributed by atoms with van der Waals surface area (Å²) in [5, 5.41) is 2.33. The van der Waals surface area contributed by atoms with Crippen LogP contribution < -0.4 is 0 Å². The minimum absolute atomic E-state index is 0.320. The van der Waals surface area contributed by atoms with Crippen molar-refractivity contribution in [3.8, 4) is 0 Å². The summed E-state index contributed by atoms with van der Waals surface area (Å²) in [4.78, 5) is 12.4. The van der Waals surface area contributed by atoms with Gasteiger partial charge in [0.25, 0.3) is 0 Å². The maximum Gasteiger partial charge on any atom is 0.129 e. The first-order valence-corrected chi connectivity index (χ1v) is 8.04. The molecule has 0 heterocycles. The van der Waals surface area contributed by atoms with Crippen molar-refractivity contribution >= 4 is 17.5 Å². The molecular weight excluding hydrogens is 252 g/mol. The number of ketones is 1. The van der Waals surface area contributed by atoms with E-state index in [0.717, 1.165) is 12.8 Å². The quantitative estimate of drug-likeness (QED) is 0.684. The lowest BCUT2D eigenvalue weighted by atomic mass is 9.82. The van der Waals surface area contributed by atoms with Gasteiger partial charge in [0.05, 0.1) is 0 Å². The highest BCUT2D eigenvalue weighted by molar-refractivity contribution is 8.02. The molecule has 0 saturated heterocycles. The third kappa shape index (κ3) is 4.87. The minimum atomic E-state index is 0.320. The highest BCUT2D eigenvalue weighted by Crippen LogP contribution is 2.35. The van der Waals surface area contributed by atoms with Crippen molar-refractivity contribution in [3.05, 3.63) is 41.3 Å². The third-order valence-corrected chi connectivity index (χ3v) is 4.69. The van der Waals surface area contributed by atoms with Gasteiger partial charge in [-0.05, 0) is 56.1 Å². The molecule has 1 saturated carbocycles. The van der Waals surface area contributed by atoms with Crippen molar-refractivity contribution in [2.45, 2.75) is 50.3 Å². The Balaban J connectivity index is 1.96. The van der Waals surface area contributed by atoms with E-state index in [1.165, 1.54) is 30.6 Å².